The van der Waals surface area contributed by atoms with Gasteiger partial charge in [0.1, 0.15) is 0 Å². The molecule has 0 bridgehead atoms. The van der Waals surface area contributed by atoms with Gasteiger partial charge in [0, 0.05) is 6.54 Å². The topological polar surface area (TPSA) is 46.2 Å². The van der Waals surface area contributed by atoms with Crippen molar-refractivity contribution in [2.45, 2.75) is 32.3 Å². The van der Waals surface area contributed by atoms with Crippen LogP contribution in [0.3, 0.4) is 0 Å². The van der Waals surface area contributed by atoms with E-state index >= 15 is 0 Å². The van der Waals surface area contributed by atoms with Crippen molar-refractivity contribution in [1.82, 2.24) is 0 Å². The molecule has 0 aliphatic carbocycles. The smallest absolute Gasteiger partial charge is 0.0912 e. The van der Waals surface area contributed by atoms with Gasteiger partial charge in [-0.1, -0.05) is 63.2 Å². The molecule has 0 spiro atoms. The minimum Gasteiger partial charge on any atom is -0.387 e. The molecule has 2 rings (SSSR count). The van der Waals surface area contributed by atoms with Gasteiger partial charge in [0.15, 0.2) is 0 Å². The highest BCUT2D eigenvalue weighted by Gasteiger charge is 2.13. The second-order valence-electron chi connectivity index (χ2n) is 6.20. The van der Waals surface area contributed by atoms with E-state index in [-0.39, 0.29) is 12.0 Å². The van der Waals surface area contributed by atoms with Crippen LogP contribution in [-0.2, 0) is 5.41 Å². The summed E-state index contributed by atoms with van der Waals surface area (Å²) in [6.45, 7) is 6.87. The fourth-order valence-electron chi connectivity index (χ4n) is 2.22. The van der Waals surface area contributed by atoms with Crippen LogP contribution in [0.5, 0.6) is 0 Å². The van der Waals surface area contributed by atoms with Crippen LogP contribution < -0.4 is 5.73 Å². The van der Waals surface area contributed by atoms with E-state index in [4.69, 9.17) is 5.73 Å². The molecule has 0 aliphatic heterocycles. The van der Waals surface area contributed by atoms with Crippen LogP contribution in [0, 0.1) is 0 Å². The van der Waals surface area contributed by atoms with E-state index in [2.05, 4.69) is 51.1 Å². The van der Waals surface area contributed by atoms with Crippen molar-refractivity contribution in [1.29, 1.82) is 0 Å². The molecule has 0 heterocycles. The lowest BCUT2D eigenvalue weighted by Crippen LogP contribution is -2.11. The minimum atomic E-state index is -0.594. The Labute approximate surface area is 121 Å². The van der Waals surface area contributed by atoms with Gasteiger partial charge >= 0.3 is 0 Å². The highest BCUT2D eigenvalue weighted by Crippen LogP contribution is 2.27. The van der Waals surface area contributed by atoms with Gasteiger partial charge < -0.3 is 10.8 Å². The third-order valence-electron chi connectivity index (χ3n) is 3.58. The Hall–Kier alpha value is -1.64. The quantitative estimate of drug-likeness (QED) is 0.893. The Morgan fingerprint density at radius 3 is 2.20 bits per heavy atom. The van der Waals surface area contributed by atoms with Crippen LogP contribution in [0.25, 0.3) is 11.1 Å². The van der Waals surface area contributed by atoms with Crippen molar-refractivity contribution in [2.24, 2.45) is 5.73 Å². The summed E-state index contributed by atoms with van der Waals surface area (Å²) in [5, 5.41) is 9.83. The number of hydrogen-bond donors (Lipinski definition) is 2. The number of benzene rings is 2. The molecule has 2 aromatic carbocycles. The van der Waals surface area contributed by atoms with E-state index in [1.54, 1.807) is 0 Å². The molecule has 0 saturated heterocycles. The summed E-state index contributed by atoms with van der Waals surface area (Å²) in [7, 11) is 0. The monoisotopic (exact) mass is 269 g/mol. The SMILES string of the molecule is CC(C)(C)c1ccc(-c2cccc(C(O)CN)c2)cc1. The number of aliphatic hydroxyl groups is 1. The molecule has 1 atom stereocenters. The van der Waals surface area contributed by atoms with Crippen molar-refractivity contribution in [3.05, 3.63) is 59.7 Å². The summed E-state index contributed by atoms with van der Waals surface area (Å²) in [4.78, 5) is 0. The molecule has 0 aromatic heterocycles. The molecule has 2 heteroatoms. The predicted octanol–water partition coefficient (Wildman–Crippen LogP) is 3.64. The molecule has 3 N–H and O–H groups in total. The second-order valence-corrected chi connectivity index (χ2v) is 6.20. The molecule has 0 radical (unpaired) electrons. The van der Waals surface area contributed by atoms with Gasteiger partial charge in [0.2, 0.25) is 0 Å². The first-order valence-corrected chi connectivity index (χ1v) is 7.01. The third kappa shape index (κ3) is 3.27. The molecule has 0 aliphatic rings. The van der Waals surface area contributed by atoms with Crippen LogP contribution >= 0.6 is 0 Å². The zero-order chi connectivity index (χ0) is 14.8. The minimum absolute atomic E-state index is 0.163. The van der Waals surface area contributed by atoms with Crippen LogP contribution in [0.1, 0.15) is 38.0 Å². The van der Waals surface area contributed by atoms with Gasteiger partial charge in [-0.2, -0.15) is 0 Å². The molecule has 20 heavy (non-hydrogen) atoms. The van der Waals surface area contributed by atoms with Crippen molar-refractivity contribution in [3.8, 4) is 11.1 Å². The summed E-state index contributed by atoms with van der Waals surface area (Å²) in [5.74, 6) is 0. The third-order valence-corrected chi connectivity index (χ3v) is 3.58. The Balaban J connectivity index is 2.32. The fraction of sp³-hybridized carbons (Fsp3) is 0.333. The number of aliphatic hydroxyl groups excluding tert-OH is 1. The Bertz CT molecular complexity index is 567. The summed E-state index contributed by atoms with van der Waals surface area (Å²) in [6.07, 6.45) is -0.594. The first-order valence-electron chi connectivity index (χ1n) is 7.01. The van der Waals surface area contributed by atoms with Gasteiger partial charge in [-0.25, -0.2) is 0 Å². The summed E-state index contributed by atoms with van der Waals surface area (Å²) in [5.41, 5.74) is 10.1. The lowest BCUT2D eigenvalue weighted by Gasteiger charge is -2.19. The van der Waals surface area contributed by atoms with E-state index in [0.29, 0.717) is 0 Å². The van der Waals surface area contributed by atoms with Crippen molar-refractivity contribution >= 4 is 0 Å². The molecule has 2 nitrogen and oxygen atoms in total. The lowest BCUT2D eigenvalue weighted by atomic mass is 9.86. The Morgan fingerprint density at radius 2 is 1.65 bits per heavy atom. The average Bonchev–Trinajstić information content (AvgIpc) is 2.46. The molecule has 106 valence electrons. The largest absolute Gasteiger partial charge is 0.387 e. The normalized spacial score (nSPS) is 13.2. The first-order chi connectivity index (χ1) is 9.41. The maximum Gasteiger partial charge on any atom is 0.0912 e. The van der Waals surface area contributed by atoms with Crippen LogP contribution in [-0.4, -0.2) is 11.7 Å². The van der Waals surface area contributed by atoms with Gasteiger partial charge in [-0.05, 0) is 33.7 Å². The highest BCUT2D eigenvalue weighted by atomic mass is 16.3. The molecule has 2 aromatic rings. The number of rotatable bonds is 3. The number of nitrogens with two attached hydrogens (primary N) is 1. The van der Waals surface area contributed by atoms with Gasteiger partial charge in [-0.15, -0.1) is 0 Å². The van der Waals surface area contributed by atoms with Crippen molar-refractivity contribution < 1.29 is 5.11 Å². The fourth-order valence-corrected chi connectivity index (χ4v) is 2.22. The van der Waals surface area contributed by atoms with Crippen LogP contribution in [0.15, 0.2) is 48.5 Å². The summed E-state index contributed by atoms with van der Waals surface area (Å²) >= 11 is 0. The zero-order valence-corrected chi connectivity index (χ0v) is 12.4. The van der Waals surface area contributed by atoms with Crippen molar-refractivity contribution in [3.63, 3.8) is 0 Å². The van der Waals surface area contributed by atoms with E-state index in [9.17, 15) is 5.11 Å². The molecule has 0 fully saturated rings. The van der Waals surface area contributed by atoms with E-state index in [0.717, 1.165) is 16.7 Å². The Morgan fingerprint density at radius 1 is 1.00 bits per heavy atom. The second kappa shape index (κ2) is 5.78. The lowest BCUT2D eigenvalue weighted by molar-refractivity contribution is 0.187. The Kier molecular flexibility index (Phi) is 4.26. The van der Waals surface area contributed by atoms with Gasteiger partial charge in [0.05, 0.1) is 6.10 Å². The van der Waals surface area contributed by atoms with E-state index in [1.807, 2.05) is 18.2 Å². The summed E-state index contributed by atoms with van der Waals surface area (Å²) < 4.78 is 0. The number of hydrogen-bond acceptors (Lipinski definition) is 2. The molecule has 0 amide bonds. The molecule has 1 unspecified atom stereocenters. The van der Waals surface area contributed by atoms with E-state index < -0.39 is 6.10 Å². The molecule has 0 saturated carbocycles. The maximum absolute atomic E-state index is 9.83. The maximum atomic E-state index is 9.83. The summed E-state index contributed by atoms with van der Waals surface area (Å²) in [6, 6.07) is 16.5. The standard InChI is InChI=1S/C18H23NO/c1-18(2,3)16-9-7-13(8-10-16)14-5-4-6-15(11-14)17(20)12-19/h4-11,17,20H,12,19H2,1-3H3. The molecular weight excluding hydrogens is 246 g/mol. The zero-order valence-electron chi connectivity index (χ0n) is 12.4. The van der Waals surface area contributed by atoms with Crippen molar-refractivity contribution in [2.75, 3.05) is 6.54 Å². The first kappa shape index (κ1) is 14.8. The molecular formula is C18H23NO. The van der Waals surface area contributed by atoms with Crippen LogP contribution in [0.4, 0.5) is 0 Å². The van der Waals surface area contributed by atoms with Crippen LogP contribution in [0.2, 0.25) is 0 Å². The average molecular weight is 269 g/mol. The van der Waals surface area contributed by atoms with Gasteiger partial charge in [0.25, 0.3) is 0 Å². The van der Waals surface area contributed by atoms with Gasteiger partial charge in [-0.3, -0.25) is 0 Å². The predicted molar refractivity (Wildman–Crippen MR) is 84.6 cm³/mol. The van der Waals surface area contributed by atoms with E-state index in [1.165, 1.54) is 5.56 Å². The highest BCUT2D eigenvalue weighted by molar-refractivity contribution is 5.64.